The molecule has 1 aromatic heterocycles. The molecule has 0 unspecified atom stereocenters. The van der Waals surface area contributed by atoms with Crippen LogP contribution in [0, 0.1) is 0 Å². The highest BCUT2D eigenvalue weighted by Gasteiger charge is 2.22. The van der Waals surface area contributed by atoms with Gasteiger partial charge in [0, 0.05) is 24.2 Å². The van der Waals surface area contributed by atoms with Crippen molar-refractivity contribution < 1.29 is 8.42 Å². The smallest absolute Gasteiger partial charge is 0.209 e. The number of nitrogens with one attached hydrogen (secondary N) is 3. The molecule has 1 aromatic rings. The van der Waals surface area contributed by atoms with Crippen LogP contribution >= 0.6 is 0 Å². The molecule has 0 fully saturated rings. The molecule has 0 radical (unpaired) electrons. The molecule has 0 spiro atoms. The van der Waals surface area contributed by atoms with E-state index < -0.39 is 15.6 Å². The molecule has 21 heavy (non-hydrogen) atoms. The summed E-state index contributed by atoms with van der Waals surface area (Å²) in [5.41, 5.74) is 0.386. The molecular formula is C13H25N5O2S. The average Bonchev–Trinajstić information content (AvgIpc) is 2.34. The van der Waals surface area contributed by atoms with Gasteiger partial charge in [0.05, 0.1) is 6.26 Å². The summed E-state index contributed by atoms with van der Waals surface area (Å²) in [5, 5.41) is 6.41. The third kappa shape index (κ3) is 5.84. The van der Waals surface area contributed by atoms with Gasteiger partial charge in [0.1, 0.15) is 18.0 Å². The Balaban J connectivity index is 2.86. The molecule has 0 aliphatic rings. The minimum Gasteiger partial charge on any atom is -0.370 e. The first-order chi connectivity index (χ1) is 9.68. The second-order valence-corrected chi connectivity index (χ2v) is 7.29. The predicted octanol–water partition coefficient (Wildman–Crippen LogP) is 1.21. The highest BCUT2D eigenvalue weighted by molar-refractivity contribution is 7.88. The lowest BCUT2D eigenvalue weighted by Crippen LogP contribution is -2.48. The Labute approximate surface area is 127 Å². The van der Waals surface area contributed by atoms with Crippen LogP contribution in [-0.2, 0) is 16.4 Å². The highest BCUT2D eigenvalue weighted by Crippen LogP contribution is 2.20. The van der Waals surface area contributed by atoms with Crippen LogP contribution in [0.1, 0.15) is 33.3 Å². The molecule has 1 rings (SSSR count). The van der Waals surface area contributed by atoms with E-state index in [2.05, 4.69) is 25.3 Å². The maximum absolute atomic E-state index is 11.3. The van der Waals surface area contributed by atoms with E-state index in [1.807, 2.05) is 27.7 Å². The lowest BCUT2D eigenvalue weighted by Gasteiger charge is -2.26. The van der Waals surface area contributed by atoms with E-state index in [0.29, 0.717) is 6.54 Å². The van der Waals surface area contributed by atoms with E-state index in [9.17, 15) is 8.42 Å². The van der Waals surface area contributed by atoms with Gasteiger partial charge in [-0.25, -0.2) is 23.1 Å². The van der Waals surface area contributed by atoms with Crippen molar-refractivity contribution in [2.75, 3.05) is 30.0 Å². The fraction of sp³-hybridized carbons (Fsp3) is 0.692. The van der Waals surface area contributed by atoms with Gasteiger partial charge in [-0.15, -0.1) is 0 Å². The molecule has 0 saturated heterocycles. The van der Waals surface area contributed by atoms with Crippen molar-refractivity contribution >= 4 is 21.7 Å². The predicted molar refractivity (Wildman–Crippen MR) is 86.1 cm³/mol. The zero-order valence-corrected chi connectivity index (χ0v) is 14.1. The number of nitrogens with zero attached hydrogens (tertiary/aromatic N) is 2. The number of anilines is 2. The SMILES string of the molecule is CCNc1ncnc(NCC(C)(C)NS(C)(=O)=O)c1CC. The highest BCUT2D eigenvalue weighted by atomic mass is 32.2. The fourth-order valence-electron chi connectivity index (χ4n) is 2.06. The van der Waals surface area contributed by atoms with Crippen LogP contribution in [0.15, 0.2) is 6.33 Å². The Morgan fingerprint density at radius 1 is 1.14 bits per heavy atom. The first kappa shape index (κ1) is 17.6. The summed E-state index contributed by atoms with van der Waals surface area (Å²) in [6.45, 7) is 8.89. The third-order valence-electron chi connectivity index (χ3n) is 2.80. The summed E-state index contributed by atoms with van der Waals surface area (Å²) in [7, 11) is -3.25. The van der Waals surface area contributed by atoms with Crippen molar-refractivity contribution in [3.63, 3.8) is 0 Å². The molecule has 0 atom stereocenters. The van der Waals surface area contributed by atoms with Gasteiger partial charge < -0.3 is 10.6 Å². The normalized spacial score (nSPS) is 12.2. The molecule has 0 saturated carbocycles. The molecule has 3 N–H and O–H groups in total. The quantitative estimate of drug-likeness (QED) is 0.667. The third-order valence-corrected chi connectivity index (χ3v) is 3.73. The van der Waals surface area contributed by atoms with E-state index in [4.69, 9.17) is 0 Å². The fourth-order valence-corrected chi connectivity index (χ4v) is 3.14. The van der Waals surface area contributed by atoms with Crippen LogP contribution in [0.25, 0.3) is 0 Å². The minimum atomic E-state index is -3.25. The lowest BCUT2D eigenvalue weighted by molar-refractivity contribution is 0.475. The number of aromatic nitrogens is 2. The van der Waals surface area contributed by atoms with Crippen molar-refractivity contribution in [3.05, 3.63) is 11.9 Å². The van der Waals surface area contributed by atoms with E-state index in [1.54, 1.807) is 0 Å². The standard InChI is InChI=1S/C13H25N5O2S/c1-6-10-11(14-7-2)16-9-17-12(10)15-8-13(3,4)18-21(5,19)20/h9,18H,6-8H2,1-5H3,(H2,14,15,16,17). The van der Waals surface area contributed by atoms with Gasteiger partial charge in [-0.1, -0.05) is 6.92 Å². The van der Waals surface area contributed by atoms with Crippen LogP contribution in [0.2, 0.25) is 0 Å². The van der Waals surface area contributed by atoms with Crippen molar-refractivity contribution in [1.29, 1.82) is 0 Å². The van der Waals surface area contributed by atoms with Crippen molar-refractivity contribution in [2.24, 2.45) is 0 Å². The molecule has 8 heteroatoms. The summed E-state index contributed by atoms with van der Waals surface area (Å²) < 4.78 is 25.3. The minimum absolute atomic E-state index is 0.426. The van der Waals surface area contributed by atoms with Gasteiger partial charge in [0.15, 0.2) is 0 Å². The summed E-state index contributed by atoms with van der Waals surface area (Å²) in [4.78, 5) is 8.48. The molecule has 0 aliphatic carbocycles. The number of hydrogen-bond acceptors (Lipinski definition) is 6. The molecule has 1 heterocycles. The number of rotatable bonds is 8. The second kappa shape index (κ2) is 7.04. The Bertz CT molecular complexity index is 572. The van der Waals surface area contributed by atoms with Crippen LogP contribution in [0.4, 0.5) is 11.6 Å². The molecular weight excluding hydrogens is 290 g/mol. The zero-order chi connectivity index (χ0) is 16.1. The van der Waals surface area contributed by atoms with Crippen LogP contribution < -0.4 is 15.4 Å². The maximum atomic E-state index is 11.3. The van der Waals surface area contributed by atoms with E-state index in [1.165, 1.54) is 6.33 Å². The monoisotopic (exact) mass is 315 g/mol. The van der Waals surface area contributed by atoms with Gasteiger partial charge in [0.2, 0.25) is 10.0 Å². The van der Waals surface area contributed by atoms with Gasteiger partial charge in [-0.2, -0.15) is 0 Å². The first-order valence-corrected chi connectivity index (χ1v) is 8.88. The summed E-state index contributed by atoms with van der Waals surface area (Å²) in [6, 6.07) is 0. The molecule has 0 aromatic carbocycles. The molecule has 0 aliphatic heterocycles. The molecule has 7 nitrogen and oxygen atoms in total. The van der Waals surface area contributed by atoms with Gasteiger partial charge >= 0.3 is 0 Å². The zero-order valence-electron chi connectivity index (χ0n) is 13.3. The van der Waals surface area contributed by atoms with Gasteiger partial charge in [-0.05, 0) is 27.2 Å². The largest absolute Gasteiger partial charge is 0.370 e. The Hall–Kier alpha value is -1.41. The topological polar surface area (TPSA) is 96.0 Å². The van der Waals surface area contributed by atoms with Crippen LogP contribution in [0.5, 0.6) is 0 Å². The summed E-state index contributed by atoms with van der Waals surface area (Å²) >= 11 is 0. The van der Waals surface area contributed by atoms with Gasteiger partial charge in [0.25, 0.3) is 0 Å². The van der Waals surface area contributed by atoms with Crippen molar-refractivity contribution in [3.8, 4) is 0 Å². The summed E-state index contributed by atoms with van der Waals surface area (Å²) in [6.07, 6.45) is 3.43. The maximum Gasteiger partial charge on any atom is 0.209 e. The number of hydrogen-bond donors (Lipinski definition) is 3. The van der Waals surface area contributed by atoms with E-state index in [0.717, 1.165) is 36.4 Å². The first-order valence-electron chi connectivity index (χ1n) is 6.99. The van der Waals surface area contributed by atoms with Crippen molar-refractivity contribution in [2.45, 2.75) is 39.7 Å². The van der Waals surface area contributed by atoms with Crippen LogP contribution in [-0.4, -0.2) is 43.3 Å². The molecule has 0 bridgehead atoms. The second-order valence-electron chi connectivity index (χ2n) is 5.54. The van der Waals surface area contributed by atoms with Crippen molar-refractivity contribution in [1.82, 2.24) is 14.7 Å². The van der Waals surface area contributed by atoms with Crippen LogP contribution in [0.3, 0.4) is 0 Å². The summed E-state index contributed by atoms with van der Waals surface area (Å²) in [5.74, 6) is 1.54. The Kier molecular flexibility index (Phi) is 5.91. The molecule has 0 amide bonds. The Morgan fingerprint density at radius 2 is 1.71 bits per heavy atom. The molecule has 120 valence electrons. The average molecular weight is 315 g/mol. The Morgan fingerprint density at radius 3 is 2.19 bits per heavy atom. The van der Waals surface area contributed by atoms with E-state index >= 15 is 0 Å². The number of sulfonamides is 1. The van der Waals surface area contributed by atoms with Gasteiger partial charge in [-0.3, -0.25) is 0 Å². The lowest BCUT2D eigenvalue weighted by atomic mass is 10.1. The van der Waals surface area contributed by atoms with E-state index in [-0.39, 0.29) is 0 Å².